The van der Waals surface area contributed by atoms with Gasteiger partial charge in [-0.15, -0.1) is 0 Å². The van der Waals surface area contributed by atoms with E-state index >= 15 is 0 Å². The van der Waals surface area contributed by atoms with E-state index in [9.17, 15) is 18.0 Å². The Morgan fingerprint density at radius 3 is 2.32 bits per heavy atom. The number of alkyl halides is 3. The first-order chi connectivity index (χ1) is 14.8. The number of benzene rings is 2. The number of nitrogens with zero attached hydrogens (tertiary/aromatic N) is 1. The molecule has 1 fully saturated rings. The van der Waals surface area contributed by atoms with Crippen LogP contribution in [0.15, 0.2) is 54.7 Å². The Hall–Kier alpha value is -2.80. The van der Waals surface area contributed by atoms with Gasteiger partial charge in [-0.25, -0.2) is 0 Å². The Morgan fingerprint density at radius 2 is 1.65 bits per heavy atom. The molecule has 0 atom stereocenters. The Bertz CT molecular complexity index is 1080. The lowest BCUT2D eigenvalue weighted by atomic mass is 9.90. The lowest BCUT2D eigenvalue weighted by Gasteiger charge is -2.30. The minimum Gasteiger partial charge on any atom is -0.382 e. The van der Waals surface area contributed by atoms with Crippen molar-refractivity contribution in [3.63, 3.8) is 0 Å². The molecule has 1 aromatic heterocycles. The van der Waals surface area contributed by atoms with Crippen LogP contribution >= 0.6 is 11.6 Å². The number of carbonyl (C=O) groups is 1. The Balaban J connectivity index is 1.32. The van der Waals surface area contributed by atoms with E-state index in [0.717, 1.165) is 54.4 Å². The highest BCUT2D eigenvalue weighted by atomic mass is 35.5. The predicted molar refractivity (Wildman–Crippen MR) is 115 cm³/mol. The highest BCUT2D eigenvalue weighted by Crippen LogP contribution is 2.30. The SMILES string of the molecule is O=C(NC1CCC(Nc2ccnc3cc(Cl)ccc23)CC1)c1ccc(C(F)(F)F)cc1. The number of hydrogen-bond donors (Lipinski definition) is 2. The van der Waals surface area contributed by atoms with Crippen LogP contribution in [0.25, 0.3) is 10.9 Å². The maximum absolute atomic E-state index is 12.7. The lowest BCUT2D eigenvalue weighted by molar-refractivity contribution is -0.137. The second-order valence-corrected chi connectivity index (χ2v) is 8.20. The molecule has 1 heterocycles. The van der Waals surface area contributed by atoms with E-state index in [2.05, 4.69) is 15.6 Å². The standard InChI is InChI=1S/C23H21ClF3N3O/c24-16-5-10-19-20(11-12-28-21(19)13-16)29-17-6-8-18(9-7-17)30-22(31)14-1-3-15(4-2-14)23(25,26)27/h1-5,10-13,17-18H,6-9H2,(H,28,29)(H,30,31). The third kappa shape index (κ3) is 5.10. The van der Waals surface area contributed by atoms with Crippen LogP contribution in [0.5, 0.6) is 0 Å². The summed E-state index contributed by atoms with van der Waals surface area (Å²) in [5.74, 6) is -0.345. The van der Waals surface area contributed by atoms with Gasteiger partial charge in [-0.2, -0.15) is 13.2 Å². The zero-order chi connectivity index (χ0) is 22.0. The highest BCUT2D eigenvalue weighted by Gasteiger charge is 2.30. The minimum atomic E-state index is -4.41. The molecule has 2 aromatic carbocycles. The molecule has 4 nitrogen and oxygen atoms in total. The third-order valence-electron chi connectivity index (χ3n) is 5.60. The van der Waals surface area contributed by atoms with E-state index in [1.165, 1.54) is 12.1 Å². The van der Waals surface area contributed by atoms with Gasteiger partial charge in [0.1, 0.15) is 0 Å². The fraction of sp³-hybridized carbons (Fsp3) is 0.304. The summed E-state index contributed by atoms with van der Waals surface area (Å²) < 4.78 is 38.0. The Morgan fingerprint density at radius 1 is 0.968 bits per heavy atom. The minimum absolute atomic E-state index is 0.000772. The van der Waals surface area contributed by atoms with Gasteiger partial charge >= 0.3 is 6.18 Å². The number of pyridine rings is 1. The summed E-state index contributed by atoms with van der Waals surface area (Å²) in [6.45, 7) is 0. The third-order valence-corrected chi connectivity index (χ3v) is 5.84. The lowest BCUT2D eigenvalue weighted by Crippen LogP contribution is -2.40. The normalized spacial score (nSPS) is 19.2. The van der Waals surface area contributed by atoms with Gasteiger partial charge in [0.2, 0.25) is 0 Å². The van der Waals surface area contributed by atoms with Crippen molar-refractivity contribution in [3.05, 3.63) is 70.9 Å². The summed E-state index contributed by atoms with van der Waals surface area (Å²) in [6.07, 6.45) is 0.659. The summed E-state index contributed by atoms with van der Waals surface area (Å²) in [5, 5.41) is 8.15. The van der Waals surface area contributed by atoms with Crippen molar-refractivity contribution in [2.75, 3.05) is 5.32 Å². The molecular weight excluding hydrogens is 427 g/mol. The second-order valence-electron chi connectivity index (χ2n) is 7.76. The Labute approximate surface area is 182 Å². The first kappa shape index (κ1) is 21.4. The second kappa shape index (κ2) is 8.75. The van der Waals surface area contributed by atoms with E-state index in [-0.39, 0.29) is 23.6 Å². The van der Waals surface area contributed by atoms with Crippen molar-refractivity contribution >= 4 is 34.1 Å². The van der Waals surface area contributed by atoms with Crippen LogP contribution in [0, 0.1) is 0 Å². The van der Waals surface area contributed by atoms with Gasteiger partial charge in [-0.05, 0) is 74.2 Å². The first-order valence-electron chi connectivity index (χ1n) is 10.1. The van der Waals surface area contributed by atoms with Gasteiger partial charge in [0, 0.05) is 39.9 Å². The predicted octanol–water partition coefficient (Wildman–Crippen LogP) is 6.06. The van der Waals surface area contributed by atoms with Crippen LogP contribution in [-0.4, -0.2) is 23.0 Å². The zero-order valence-electron chi connectivity index (χ0n) is 16.5. The van der Waals surface area contributed by atoms with Gasteiger partial charge in [0.25, 0.3) is 5.91 Å². The molecule has 4 rings (SSSR count). The van der Waals surface area contributed by atoms with Gasteiger partial charge < -0.3 is 10.6 Å². The van der Waals surface area contributed by atoms with E-state index in [4.69, 9.17) is 11.6 Å². The molecule has 2 N–H and O–H groups in total. The molecule has 0 bridgehead atoms. The average molecular weight is 448 g/mol. The van der Waals surface area contributed by atoms with Crippen LogP contribution in [0.4, 0.5) is 18.9 Å². The van der Waals surface area contributed by atoms with Crippen molar-refractivity contribution < 1.29 is 18.0 Å². The summed E-state index contributed by atoms with van der Waals surface area (Å²) in [6, 6.07) is 12.1. The summed E-state index contributed by atoms with van der Waals surface area (Å²) >= 11 is 6.05. The van der Waals surface area contributed by atoms with Gasteiger partial charge in [0.15, 0.2) is 0 Å². The van der Waals surface area contributed by atoms with Gasteiger partial charge in [-0.1, -0.05) is 11.6 Å². The average Bonchev–Trinajstić information content (AvgIpc) is 2.74. The first-order valence-corrected chi connectivity index (χ1v) is 10.5. The van der Waals surface area contributed by atoms with Gasteiger partial charge in [-0.3, -0.25) is 9.78 Å². The van der Waals surface area contributed by atoms with Crippen LogP contribution in [0.2, 0.25) is 5.02 Å². The van der Waals surface area contributed by atoms with Crippen molar-refractivity contribution in [3.8, 4) is 0 Å². The van der Waals surface area contributed by atoms with Crippen LogP contribution in [-0.2, 0) is 6.18 Å². The number of nitrogens with one attached hydrogen (secondary N) is 2. The van der Waals surface area contributed by atoms with Gasteiger partial charge in [0.05, 0.1) is 11.1 Å². The maximum Gasteiger partial charge on any atom is 0.416 e. The molecule has 1 aliphatic carbocycles. The van der Waals surface area contributed by atoms with Crippen LogP contribution in [0.1, 0.15) is 41.6 Å². The molecule has 1 aliphatic rings. The number of aromatic nitrogens is 1. The summed E-state index contributed by atoms with van der Waals surface area (Å²) in [7, 11) is 0. The van der Waals surface area contributed by atoms with E-state index in [1.807, 2.05) is 24.3 Å². The van der Waals surface area contributed by atoms with Crippen molar-refractivity contribution in [2.24, 2.45) is 0 Å². The number of halogens is 4. The van der Waals surface area contributed by atoms with Crippen LogP contribution in [0.3, 0.4) is 0 Å². The molecule has 0 spiro atoms. The number of amides is 1. The number of carbonyl (C=O) groups excluding carboxylic acids is 1. The summed E-state index contributed by atoms with van der Waals surface area (Å²) in [5.41, 5.74) is 1.30. The molecule has 1 amide bonds. The molecule has 3 aromatic rings. The largest absolute Gasteiger partial charge is 0.416 e. The van der Waals surface area contributed by atoms with Crippen molar-refractivity contribution in [1.82, 2.24) is 10.3 Å². The molecule has 162 valence electrons. The molecule has 0 aliphatic heterocycles. The Kier molecular flexibility index (Phi) is 6.05. The van der Waals surface area contributed by atoms with E-state index < -0.39 is 11.7 Å². The number of rotatable bonds is 4. The molecule has 0 radical (unpaired) electrons. The number of hydrogen-bond acceptors (Lipinski definition) is 3. The van der Waals surface area contributed by atoms with E-state index in [0.29, 0.717) is 5.02 Å². The monoisotopic (exact) mass is 447 g/mol. The highest BCUT2D eigenvalue weighted by molar-refractivity contribution is 6.31. The van der Waals surface area contributed by atoms with Crippen molar-refractivity contribution in [2.45, 2.75) is 43.9 Å². The molecule has 0 saturated heterocycles. The number of anilines is 1. The molecule has 31 heavy (non-hydrogen) atoms. The molecule has 1 saturated carbocycles. The molecular formula is C23H21ClF3N3O. The van der Waals surface area contributed by atoms with E-state index in [1.54, 1.807) is 6.20 Å². The number of fused-ring (bicyclic) bond motifs is 1. The quantitative estimate of drug-likeness (QED) is 0.511. The fourth-order valence-electron chi connectivity index (χ4n) is 3.93. The molecule has 0 unspecified atom stereocenters. The molecule has 8 heteroatoms. The zero-order valence-corrected chi connectivity index (χ0v) is 17.3. The maximum atomic E-state index is 12.7. The summed E-state index contributed by atoms with van der Waals surface area (Å²) in [4.78, 5) is 16.7. The smallest absolute Gasteiger partial charge is 0.382 e. The van der Waals surface area contributed by atoms with Crippen molar-refractivity contribution in [1.29, 1.82) is 0 Å². The topological polar surface area (TPSA) is 54.0 Å². The fourth-order valence-corrected chi connectivity index (χ4v) is 4.09. The van der Waals surface area contributed by atoms with Crippen LogP contribution < -0.4 is 10.6 Å².